The molecule has 8 heteroatoms. The summed E-state index contributed by atoms with van der Waals surface area (Å²) in [5.41, 5.74) is 0. The van der Waals surface area contributed by atoms with E-state index >= 15 is 0 Å². The number of carboxylic acid groups (broad SMARTS) is 3. The smallest absolute Gasteiger partial charge is 0.481 e. The number of aliphatic carboxylic acids is 1. The quantitative estimate of drug-likeness (QED) is 0.362. The Morgan fingerprint density at radius 1 is 0.900 bits per heavy atom. The molecule has 0 rings (SSSR count). The maximum atomic E-state index is 10.0. The van der Waals surface area contributed by atoms with Crippen LogP contribution in [-0.4, -0.2) is 62.1 Å². The molecule has 0 bridgehead atoms. The lowest BCUT2D eigenvalue weighted by Gasteiger charge is -1.96. The maximum absolute atomic E-state index is 10.0. The predicted octanol–water partition coefficient (Wildman–Crippen LogP) is 0.986. The van der Waals surface area contributed by atoms with Crippen molar-refractivity contribution in [2.75, 3.05) is 13.2 Å². The van der Waals surface area contributed by atoms with Crippen molar-refractivity contribution in [3.8, 4) is 0 Å². The van der Waals surface area contributed by atoms with E-state index < -0.39 is 18.2 Å². The molecule has 0 spiro atoms. The summed E-state index contributed by atoms with van der Waals surface area (Å²) in [5.74, 6) is -0.670. The summed E-state index contributed by atoms with van der Waals surface area (Å²) in [6, 6.07) is 0. The normalized spacial score (nSPS) is 9.05. The molecule has 8 nitrogen and oxygen atoms in total. The minimum atomic E-state index is -1.83. The van der Waals surface area contributed by atoms with Crippen LogP contribution in [-0.2, 0) is 4.79 Å². The van der Waals surface area contributed by atoms with Gasteiger partial charge in [0.15, 0.2) is 0 Å². The summed E-state index contributed by atoms with van der Waals surface area (Å²) < 4.78 is 0. The molecule has 0 aromatic heterocycles. The van der Waals surface area contributed by atoms with Gasteiger partial charge in [0.25, 0.3) is 0 Å². The average Bonchev–Trinajstić information content (AvgIpc) is 2.37. The SMILES string of the molecule is CCCCCCCC(=O)O.O=C(O)O.OCC(O)CO. The van der Waals surface area contributed by atoms with Crippen LogP contribution in [0, 0.1) is 0 Å². The lowest BCUT2D eigenvalue weighted by molar-refractivity contribution is -0.137. The molecule has 0 amide bonds. The van der Waals surface area contributed by atoms with Crippen molar-refractivity contribution in [1.29, 1.82) is 0 Å². The molecule has 0 aromatic carbocycles. The Balaban J connectivity index is -0.000000246. The summed E-state index contributed by atoms with van der Waals surface area (Å²) >= 11 is 0. The highest BCUT2D eigenvalue weighted by atomic mass is 16.6. The van der Waals surface area contributed by atoms with E-state index in [1.54, 1.807) is 0 Å². The van der Waals surface area contributed by atoms with Crippen molar-refractivity contribution in [2.24, 2.45) is 0 Å². The monoisotopic (exact) mass is 298 g/mol. The first-order valence-corrected chi connectivity index (χ1v) is 6.35. The fourth-order valence-electron chi connectivity index (χ4n) is 0.938. The van der Waals surface area contributed by atoms with Crippen molar-refractivity contribution < 1.29 is 40.2 Å². The largest absolute Gasteiger partial charge is 0.503 e. The first-order valence-electron chi connectivity index (χ1n) is 6.35. The lowest BCUT2D eigenvalue weighted by Crippen LogP contribution is -2.15. The summed E-state index contributed by atoms with van der Waals surface area (Å²) in [6.45, 7) is 1.42. The zero-order valence-corrected chi connectivity index (χ0v) is 11.7. The molecule has 0 fully saturated rings. The summed E-state index contributed by atoms with van der Waals surface area (Å²) in [4.78, 5) is 18.6. The fourth-order valence-corrected chi connectivity index (χ4v) is 0.938. The second-order valence-electron chi connectivity index (χ2n) is 3.86. The Bertz CT molecular complexity index is 212. The van der Waals surface area contributed by atoms with Crippen LogP contribution < -0.4 is 0 Å². The van der Waals surface area contributed by atoms with Gasteiger partial charge in [0, 0.05) is 6.42 Å². The number of unbranched alkanes of at least 4 members (excludes halogenated alkanes) is 4. The molecule has 0 aliphatic heterocycles. The fraction of sp³-hybridized carbons (Fsp3) is 0.833. The number of aliphatic hydroxyl groups is 3. The maximum Gasteiger partial charge on any atom is 0.503 e. The standard InChI is InChI=1S/C8H16O2.C3H8O3.CH2O3/c1-2-3-4-5-6-7-8(9)10;4-1-3(6)2-5;2-1(3)4/h2-7H2,1H3,(H,9,10);3-6H,1-2H2;(H2,2,3,4). The summed E-state index contributed by atoms with van der Waals surface area (Å²) in [5, 5.41) is 46.2. The minimum absolute atomic E-state index is 0.337. The molecule has 122 valence electrons. The summed E-state index contributed by atoms with van der Waals surface area (Å²) in [6.07, 6.45) is 3.10. The second kappa shape index (κ2) is 19.9. The van der Waals surface area contributed by atoms with Gasteiger partial charge in [0.1, 0.15) is 6.10 Å². The van der Waals surface area contributed by atoms with Crippen molar-refractivity contribution in [1.82, 2.24) is 0 Å². The number of carbonyl (C=O) groups is 2. The molecule has 0 unspecified atom stereocenters. The first-order chi connectivity index (χ1) is 9.31. The van der Waals surface area contributed by atoms with Gasteiger partial charge in [-0.1, -0.05) is 32.6 Å². The van der Waals surface area contributed by atoms with Gasteiger partial charge >= 0.3 is 12.1 Å². The van der Waals surface area contributed by atoms with Gasteiger partial charge < -0.3 is 30.6 Å². The van der Waals surface area contributed by atoms with Crippen LogP contribution in [0.2, 0.25) is 0 Å². The zero-order chi connectivity index (χ0) is 16.4. The van der Waals surface area contributed by atoms with E-state index in [1.165, 1.54) is 19.3 Å². The number of carboxylic acids is 1. The van der Waals surface area contributed by atoms with E-state index in [-0.39, 0.29) is 13.2 Å². The molecular formula is C12H26O8. The van der Waals surface area contributed by atoms with E-state index in [0.29, 0.717) is 6.42 Å². The Hall–Kier alpha value is -1.38. The first kappa shape index (κ1) is 23.7. The molecule has 0 saturated heterocycles. The third kappa shape index (κ3) is 43.8. The molecular weight excluding hydrogens is 272 g/mol. The highest BCUT2D eigenvalue weighted by Crippen LogP contribution is 2.04. The van der Waals surface area contributed by atoms with Gasteiger partial charge in [0.05, 0.1) is 13.2 Å². The molecule has 20 heavy (non-hydrogen) atoms. The minimum Gasteiger partial charge on any atom is -0.481 e. The number of aliphatic hydroxyl groups excluding tert-OH is 3. The van der Waals surface area contributed by atoms with E-state index in [1.807, 2.05) is 0 Å². The molecule has 6 N–H and O–H groups in total. The van der Waals surface area contributed by atoms with Crippen molar-refractivity contribution in [3.63, 3.8) is 0 Å². The highest BCUT2D eigenvalue weighted by Gasteiger charge is 1.95. The van der Waals surface area contributed by atoms with Crippen LogP contribution in [0.15, 0.2) is 0 Å². The van der Waals surface area contributed by atoms with E-state index in [2.05, 4.69) is 6.92 Å². The Morgan fingerprint density at radius 2 is 1.30 bits per heavy atom. The van der Waals surface area contributed by atoms with Crippen LogP contribution in [0.25, 0.3) is 0 Å². The van der Waals surface area contributed by atoms with E-state index in [4.69, 9.17) is 35.4 Å². The molecule has 0 aliphatic rings. The third-order valence-electron chi connectivity index (χ3n) is 1.92. The van der Waals surface area contributed by atoms with E-state index in [0.717, 1.165) is 12.8 Å². The van der Waals surface area contributed by atoms with Crippen LogP contribution in [0.3, 0.4) is 0 Å². The van der Waals surface area contributed by atoms with Gasteiger partial charge in [-0.2, -0.15) is 0 Å². The van der Waals surface area contributed by atoms with Crippen molar-refractivity contribution in [3.05, 3.63) is 0 Å². The Labute approximate surface area is 118 Å². The molecule has 0 atom stereocenters. The third-order valence-corrected chi connectivity index (χ3v) is 1.92. The van der Waals surface area contributed by atoms with Crippen molar-refractivity contribution in [2.45, 2.75) is 51.6 Å². The number of rotatable bonds is 8. The zero-order valence-electron chi connectivity index (χ0n) is 11.7. The van der Waals surface area contributed by atoms with Crippen LogP contribution in [0.5, 0.6) is 0 Å². The Kier molecular flexibility index (Phi) is 23.6. The van der Waals surface area contributed by atoms with Gasteiger partial charge in [-0.15, -0.1) is 0 Å². The van der Waals surface area contributed by atoms with Crippen molar-refractivity contribution >= 4 is 12.1 Å². The topological polar surface area (TPSA) is 156 Å². The second-order valence-corrected chi connectivity index (χ2v) is 3.86. The lowest BCUT2D eigenvalue weighted by atomic mass is 10.1. The highest BCUT2D eigenvalue weighted by molar-refractivity contribution is 5.66. The van der Waals surface area contributed by atoms with E-state index in [9.17, 15) is 4.79 Å². The average molecular weight is 298 g/mol. The van der Waals surface area contributed by atoms with Gasteiger partial charge in [-0.05, 0) is 6.42 Å². The van der Waals surface area contributed by atoms with Gasteiger partial charge in [-0.25, -0.2) is 4.79 Å². The van der Waals surface area contributed by atoms with Crippen LogP contribution in [0.1, 0.15) is 45.4 Å². The van der Waals surface area contributed by atoms with Gasteiger partial charge in [0.2, 0.25) is 0 Å². The molecule has 0 radical (unpaired) electrons. The molecule has 0 saturated carbocycles. The predicted molar refractivity (Wildman–Crippen MR) is 71.8 cm³/mol. The van der Waals surface area contributed by atoms with Crippen LogP contribution >= 0.6 is 0 Å². The van der Waals surface area contributed by atoms with Gasteiger partial charge in [-0.3, -0.25) is 4.79 Å². The molecule has 0 aromatic rings. The molecule has 0 heterocycles. The summed E-state index contributed by atoms with van der Waals surface area (Å²) in [7, 11) is 0. The number of hydrogen-bond acceptors (Lipinski definition) is 5. The Morgan fingerprint density at radius 3 is 1.55 bits per heavy atom. The number of hydrogen-bond donors (Lipinski definition) is 6. The molecule has 0 aliphatic carbocycles. The van der Waals surface area contributed by atoms with Crippen LogP contribution in [0.4, 0.5) is 4.79 Å².